The van der Waals surface area contributed by atoms with Gasteiger partial charge in [0.25, 0.3) is 0 Å². The van der Waals surface area contributed by atoms with Crippen LogP contribution in [-0.4, -0.2) is 11.2 Å². The van der Waals surface area contributed by atoms with E-state index in [1.165, 1.54) is 0 Å². The Bertz CT molecular complexity index is 467. The Morgan fingerprint density at radius 3 is 1.70 bits per heavy atom. The van der Waals surface area contributed by atoms with Crippen LogP contribution in [0.1, 0.15) is 47.1 Å². The minimum Gasteiger partial charge on any atom is -0.465 e. The molecule has 0 aromatic heterocycles. The molecular weight excluding hydrogens is 318 g/mol. The summed E-state index contributed by atoms with van der Waals surface area (Å²) in [6, 6.07) is 7.86. The Morgan fingerprint density at radius 2 is 1.40 bits per heavy atom. The van der Waals surface area contributed by atoms with Gasteiger partial charge in [0.15, 0.2) is 0 Å². The summed E-state index contributed by atoms with van der Waals surface area (Å²) in [4.78, 5) is 11.4. The van der Waals surface area contributed by atoms with Crippen LogP contribution in [0.3, 0.4) is 0 Å². The van der Waals surface area contributed by atoms with Crippen molar-refractivity contribution < 1.29 is 9.90 Å². The molecule has 2 N–H and O–H groups in total. The van der Waals surface area contributed by atoms with E-state index in [-0.39, 0.29) is 10.8 Å². The summed E-state index contributed by atoms with van der Waals surface area (Å²) in [6.07, 6.45) is -1.00. The quantitative estimate of drug-likeness (QED) is 0.794. The van der Waals surface area contributed by atoms with Crippen LogP contribution in [0.2, 0.25) is 0 Å². The second kappa shape index (κ2) is 5.40. The van der Waals surface area contributed by atoms with Gasteiger partial charge in [-0.3, -0.25) is 0 Å². The van der Waals surface area contributed by atoms with Gasteiger partial charge in [-0.25, -0.2) is 4.79 Å². The van der Waals surface area contributed by atoms with Gasteiger partial charge in [-0.05, 0) is 28.5 Å². The maximum atomic E-state index is 11.4. The second-order valence-corrected chi connectivity index (χ2v) is 8.10. The first-order chi connectivity index (χ1) is 8.92. The van der Waals surface area contributed by atoms with Gasteiger partial charge in [0, 0.05) is 4.47 Å². The number of amides is 1. The Kier molecular flexibility index (Phi) is 4.59. The van der Waals surface area contributed by atoms with Crippen LogP contribution in [0.4, 0.5) is 4.79 Å². The molecule has 20 heavy (non-hydrogen) atoms. The highest BCUT2D eigenvalue weighted by molar-refractivity contribution is 9.10. The summed E-state index contributed by atoms with van der Waals surface area (Å²) in [7, 11) is 0. The topological polar surface area (TPSA) is 49.3 Å². The summed E-state index contributed by atoms with van der Waals surface area (Å²) >= 11 is 3.43. The van der Waals surface area contributed by atoms with E-state index < -0.39 is 11.6 Å². The lowest BCUT2D eigenvalue weighted by molar-refractivity contribution is 0.0194. The number of benzene rings is 1. The molecule has 0 saturated heterocycles. The van der Waals surface area contributed by atoms with E-state index in [0.717, 1.165) is 10.0 Å². The van der Waals surface area contributed by atoms with Crippen LogP contribution in [0, 0.1) is 10.8 Å². The van der Waals surface area contributed by atoms with Gasteiger partial charge in [0.2, 0.25) is 0 Å². The molecule has 4 heteroatoms. The predicted molar refractivity (Wildman–Crippen MR) is 85.9 cm³/mol. The molecule has 0 bridgehead atoms. The molecule has 112 valence electrons. The molecule has 0 saturated carbocycles. The lowest BCUT2D eigenvalue weighted by Gasteiger charge is -2.53. The Hall–Kier alpha value is -1.03. The van der Waals surface area contributed by atoms with Gasteiger partial charge < -0.3 is 10.4 Å². The van der Waals surface area contributed by atoms with Crippen molar-refractivity contribution in [2.75, 3.05) is 0 Å². The van der Waals surface area contributed by atoms with Crippen molar-refractivity contribution in [3.8, 4) is 0 Å². The largest absolute Gasteiger partial charge is 0.465 e. The van der Waals surface area contributed by atoms with Crippen LogP contribution >= 0.6 is 15.9 Å². The van der Waals surface area contributed by atoms with Crippen molar-refractivity contribution in [1.82, 2.24) is 5.32 Å². The first-order valence-corrected chi connectivity index (χ1v) is 7.48. The molecule has 0 fully saturated rings. The van der Waals surface area contributed by atoms with Crippen molar-refractivity contribution in [2.24, 2.45) is 10.8 Å². The molecule has 0 unspecified atom stereocenters. The predicted octanol–water partition coefficient (Wildman–Crippen LogP) is 5.00. The third-order valence-corrected chi connectivity index (χ3v) is 4.35. The zero-order valence-electron chi connectivity index (χ0n) is 13.0. The van der Waals surface area contributed by atoms with Gasteiger partial charge in [0.05, 0.1) is 5.54 Å². The Labute approximate surface area is 129 Å². The molecule has 0 aliphatic rings. The van der Waals surface area contributed by atoms with Crippen molar-refractivity contribution in [1.29, 1.82) is 0 Å². The number of carbonyl (C=O) groups is 1. The maximum Gasteiger partial charge on any atom is 0.405 e. The standard InChI is InChI=1S/C16H24BrNO2/c1-14(2,3)16(15(4,5)6,18-13(19)20)11-7-9-12(17)10-8-11/h7-10,18H,1-6H3,(H,19,20). The Morgan fingerprint density at radius 1 is 1.00 bits per heavy atom. The summed E-state index contributed by atoms with van der Waals surface area (Å²) < 4.78 is 0.980. The van der Waals surface area contributed by atoms with E-state index in [1.807, 2.05) is 24.3 Å². The minimum absolute atomic E-state index is 0.280. The number of hydrogen-bond acceptors (Lipinski definition) is 1. The van der Waals surface area contributed by atoms with Crippen LogP contribution < -0.4 is 5.32 Å². The molecule has 1 amide bonds. The average Bonchev–Trinajstić information content (AvgIpc) is 2.23. The van der Waals surface area contributed by atoms with Crippen molar-refractivity contribution in [3.63, 3.8) is 0 Å². The molecule has 0 aliphatic carbocycles. The first-order valence-electron chi connectivity index (χ1n) is 6.69. The molecule has 3 nitrogen and oxygen atoms in total. The summed E-state index contributed by atoms with van der Waals surface area (Å²) in [5.74, 6) is 0. The SMILES string of the molecule is CC(C)(C)C(NC(=O)O)(c1ccc(Br)cc1)C(C)(C)C. The number of hydrogen-bond donors (Lipinski definition) is 2. The van der Waals surface area contributed by atoms with E-state index in [9.17, 15) is 9.90 Å². The average molecular weight is 342 g/mol. The van der Waals surface area contributed by atoms with Gasteiger partial charge in [0.1, 0.15) is 0 Å². The highest BCUT2D eigenvalue weighted by Gasteiger charge is 2.53. The number of nitrogens with one attached hydrogen (secondary N) is 1. The molecule has 0 spiro atoms. The number of carboxylic acid groups (broad SMARTS) is 1. The number of rotatable bonds is 2. The molecule has 0 heterocycles. The third kappa shape index (κ3) is 3.00. The van der Waals surface area contributed by atoms with E-state index in [2.05, 4.69) is 62.8 Å². The van der Waals surface area contributed by atoms with E-state index in [4.69, 9.17) is 0 Å². The summed E-state index contributed by atoms with van der Waals surface area (Å²) in [5.41, 5.74) is -0.273. The lowest BCUT2D eigenvalue weighted by atomic mass is 9.57. The molecule has 1 rings (SSSR count). The molecule has 0 aliphatic heterocycles. The molecular formula is C16H24BrNO2. The fourth-order valence-electron chi connectivity index (χ4n) is 3.30. The zero-order chi connectivity index (χ0) is 15.8. The maximum absolute atomic E-state index is 11.4. The second-order valence-electron chi connectivity index (χ2n) is 7.19. The van der Waals surface area contributed by atoms with Gasteiger partial charge in [-0.15, -0.1) is 0 Å². The van der Waals surface area contributed by atoms with Crippen LogP contribution in [-0.2, 0) is 5.54 Å². The number of halogens is 1. The zero-order valence-corrected chi connectivity index (χ0v) is 14.6. The van der Waals surface area contributed by atoms with E-state index in [1.54, 1.807) is 0 Å². The molecule has 1 aromatic carbocycles. The van der Waals surface area contributed by atoms with Gasteiger partial charge in [-0.2, -0.15) is 0 Å². The van der Waals surface area contributed by atoms with Gasteiger partial charge >= 0.3 is 6.09 Å². The summed E-state index contributed by atoms with van der Waals surface area (Å²) in [6.45, 7) is 12.4. The highest BCUT2D eigenvalue weighted by Crippen LogP contribution is 2.51. The lowest BCUT2D eigenvalue weighted by Crippen LogP contribution is -2.61. The molecule has 0 atom stereocenters. The minimum atomic E-state index is -1.00. The Balaban J connectivity index is 3.61. The van der Waals surface area contributed by atoms with Crippen LogP contribution in [0.5, 0.6) is 0 Å². The van der Waals surface area contributed by atoms with E-state index >= 15 is 0 Å². The highest BCUT2D eigenvalue weighted by atomic mass is 79.9. The third-order valence-electron chi connectivity index (χ3n) is 3.82. The molecule has 1 aromatic rings. The molecule has 0 radical (unpaired) electrons. The van der Waals surface area contributed by atoms with E-state index in [0.29, 0.717) is 0 Å². The monoisotopic (exact) mass is 341 g/mol. The van der Waals surface area contributed by atoms with Crippen molar-refractivity contribution >= 4 is 22.0 Å². The fourth-order valence-corrected chi connectivity index (χ4v) is 3.56. The summed E-state index contributed by atoms with van der Waals surface area (Å²) in [5, 5.41) is 12.2. The van der Waals surface area contributed by atoms with Crippen LogP contribution in [0.15, 0.2) is 28.7 Å². The smallest absolute Gasteiger partial charge is 0.405 e. The van der Waals surface area contributed by atoms with Crippen LogP contribution in [0.25, 0.3) is 0 Å². The van der Waals surface area contributed by atoms with Crippen molar-refractivity contribution in [3.05, 3.63) is 34.3 Å². The van der Waals surface area contributed by atoms with Gasteiger partial charge in [-0.1, -0.05) is 69.6 Å². The van der Waals surface area contributed by atoms with Crippen molar-refractivity contribution in [2.45, 2.75) is 47.1 Å². The fraction of sp³-hybridized carbons (Fsp3) is 0.562. The normalized spacial score (nSPS) is 13.2. The first kappa shape index (κ1) is 17.0.